The third-order valence-electron chi connectivity index (χ3n) is 2.90. The van der Waals surface area contributed by atoms with E-state index in [9.17, 15) is 0 Å². The van der Waals surface area contributed by atoms with Gasteiger partial charge in [0.15, 0.2) is 0 Å². The fourth-order valence-corrected chi connectivity index (χ4v) is 2.00. The van der Waals surface area contributed by atoms with Gasteiger partial charge in [0.2, 0.25) is 0 Å². The Morgan fingerprint density at radius 2 is 1.60 bits per heavy atom. The van der Waals surface area contributed by atoms with Crippen molar-refractivity contribution in [3.63, 3.8) is 0 Å². The second-order valence-corrected chi connectivity index (χ2v) is 4.39. The summed E-state index contributed by atoms with van der Waals surface area (Å²) in [4.78, 5) is 4.63. The SMILES string of the molecule is CCC(CC)N(CCO)CCCN(C)C. The molecule has 3 nitrogen and oxygen atoms in total. The van der Waals surface area contributed by atoms with Crippen LogP contribution in [0.25, 0.3) is 0 Å². The van der Waals surface area contributed by atoms with E-state index in [0.717, 1.165) is 19.6 Å². The highest BCUT2D eigenvalue weighted by Gasteiger charge is 2.13. The monoisotopic (exact) mass is 216 g/mol. The molecule has 1 N–H and O–H groups in total. The van der Waals surface area contributed by atoms with Gasteiger partial charge in [-0.1, -0.05) is 13.8 Å². The minimum atomic E-state index is 0.276. The molecule has 0 unspecified atom stereocenters. The summed E-state index contributed by atoms with van der Waals surface area (Å²) >= 11 is 0. The van der Waals surface area contributed by atoms with Crippen molar-refractivity contribution in [2.24, 2.45) is 0 Å². The second kappa shape index (κ2) is 9.13. The zero-order chi connectivity index (χ0) is 11.7. The maximum Gasteiger partial charge on any atom is 0.0558 e. The molecule has 0 spiro atoms. The average Bonchev–Trinajstić information content (AvgIpc) is 2.19. The van der Waals surface area contributed by atoms with Gasteiger partial charge in [-0.2, -0.15) is 0 Å². The molecule has 3 heteroatoms. The Kier molecular flexibility index (Phi) is 9.06. The normalized spacial score (nSPS) is 12.0. The van der Waals surface area contributed by atoms with E-state index in [1.807, 2.05) is 0 Å². The molecular formula is C12H28N2O. The highest BCUT2D eigenvalue weighted by molar-refractivity contribution is 4.69. The third-order valence-corrected chi connectivity index (χ3v) is 2.90. The van der Waals surface area contributed by atoms with E-state index >= 15 is 0 Å². The standard InChI is InChI=1S/C12H28N2O/c1-5-12(6-2)14(10-11-15)9-7-8-13(3)4/h12,15H,5-11H2,1-4H3. The highest BCUT2D eigenvalue weighted by Crippen LogP contribution is 2.08. The van der Waals surface area contributed by atoms with Crippen molar-refractivity contribution in [2.45, 2.75) is 39.2 Å². The van der Waals surface area contributed by atoms with Crippen LogP contribution in [-0.2, 0) is 0 Å². The van der Waals surface area contributed by atoms with Gasteiger partial charge in [-0.15, -0.1) is 0 Å². The number of aliphatic hydroxyl groups excluding tert-OH is 1. The highest BCUT2D eigenvalue weighted by atomic mass is 16.3. The number of nitrogens with zero attached hydrogens (tertiary/aromatic N) is 2. The zero-order valence-electron chi connectivity index (χ0n) is 10.9. The van der Waals surface area contributed by atoms with E-state index in [4.69, 9.17) is 5.11 Å². The lowest BCUT2D eigenvalue weighted by atomic mass is 10.1. The van der Waals surface area contributed by atoms with Gasteiger partial charge in [-0.05, 0) is 46.4 Å². The van der Waals surface area contributed by atoms with E-state index in [1.165, 1.54) is 19.3 Å². The Morgan fingerprint density at radius 1 is 1.00 bits per heavy atom. The fourth-order valence-electron chi connectivity index (χ4n) is 2.00. The first-order valence-corrected chi connectivity index (χ1v) is 6.15. The molecule has 0 saturated heterocycles. The lowest BCUT2D eigenvalue weighted by molar-refractivity contribution is 0.138. The average molecular weight is 216 g/mol. The van der Waals surface area contributed by atoms with Crippen LogP contribution < -0.4 is 0 Å². The van der Waals surface area contributed by atoms with Crippen molar-refractivity contribution in [3.05, 3.63) is 0 Å². The maximum absolute atomic E-state index is 9.03. The van der Waals surface area contributed by atoms with Gasteiger partial charge in [0.25, 0.3) is 0 Å². The van der Waals surface area contributed by atoms with Crippen molar-refractivity contribution in [2.75, 3.05) is 40.3 Å². The quantitative estimate of drug-likeness (QED) is 0.631. The summed E-state index contributed by atoms with van der Waals surface area (Å²) < 4.78 is 0. The molecule has 92 valence electrons. The van der Waals surface area contributed by atoms with Crippen LogP contribution >= 0.6 is 0 Å². The first-order valence-electron chi connectivity index (χ1n) is 6.15. The van der Waals surface area contributed by atoms with Gasteiger partial charge in [0, 0.05) is 12.6 Å². The Morgan fingerprint density at radius 3 is 2.00 bits per heavy atom. The summed E-state index contributed by atoms with van der Waals surface area (Å²) in [6, 6.07) is 0.638. The van der Waals surface area contributed by atoms with Crippen molar-refractivity contribution < 1.29 is 5.11 Å². The molecule has 0 amide bonds. The first kappa shape index (κ1) is 14.9. The second-order valence-electron chi connectivity index (χ2n) is 4.39. The van der Waals surface area contributed by atoms with Gasteiger partial charge >= 0.3 is 0 Å². The minimum absolute atomic E-state index is 0.276. The van der Waals surface area contributed by atoms with Crippen LogP contribution in [0.2, 0.25) is 0 Å². The molecule has 0 aromatic rings. The van der Waals surface area contributed by atoms with Crippen molar-refractivity contribution >= 4 is 0 Å². The van der Waals surface area contributed by atoms with Crippen LogP contribution in [0.3, 0.4) is 0 Å². The number of hydrogen-bond acceptors (Lipinski definition) is 3. The van der Waals surface area contributed by atoms with Crippen LogP contribution in [0.15, 0.2) is 0 Å². The molecule has 0 aliphatic heterocycles. The van der Waals surface area contributed by atoms with Gasteiger partial charge in [0.1, 0.15) is 0 Å². The molecule has 0 atom stereocenters. The molecule has 0 fully saturated rings. The summed E-state index contributed by atoms with van der Waals surface area (Å²) in [5.74, 6) is 0. The number of rotatable bonds is 9. The maximum atomic E-state index is 9.03. The van der Waals surface area contributed by atoms with Crippen LogP contribution in [-0.4, -0.2) is 61.3 Å². The fraction of sp³-hybridized carbons (Fsp3) is 1.00. The van der Waals surface area contributed by atoms with Crippen molar-refractivity contribution in [1.29, 1.82) is 0 Å². The topological polar surface area (TPSA) is 26.7 Å². The summed E-state index contributed by atoms with van der Waals surface area (Å²) in [5.41, 5.74) is 0. The molecular weight excluding hydrogens is 188 g/mol. The smallest absolute Gasteiger partial charge is 0.0558 e. The summed E-state index contributed by atoms with van der Waals surface area (Å²) in [7, 11) is 4.21. The Balaban J connectivity index is 3.91. The molecule has 0 aliphatic carbocycles. The van der Waals surface area contributed by atoms with Crippen molar-refractivity contribution in [3.8, 4) is 0 Å². The van der Waals surface area contributed by atoms with Gasteiger partial charge < -0.3 is 10.0 Å². The lowest BCUT2D eigenvalue weighted by Crippen LogP contribution is -2.38. The molecule has 0 radical (unpaired) electrons. The summed E-state index contributed by atoms with van der Waals surface area (Å²) in [6.07, 6.45) is 3.54. The molecule has 0 aromatic carbocycles. The van der Waals surface area contributed by atoms with Gasteiger partial charge in [-0.3, -0.25) is 4.90 Å². The Hall–Kier alpha value is -0.120. The largest absolute Gasteiger partial charge is 0.395 e. The molecule has 0 saturated carbocycles. The molecule has 0 aliphatic rings. The summed E-state index contributed by atoms with van der Waals surface area (Å²) in [5, 5.41) is 9.03. The number of hydrogen-bond donors (Lipinski definition) is 1. The third kappa shape index (κ3) is 6.88. The zero-order valence-corrected chi connectivity index (χ0v) is 10.9. The predicted molar refractivity (Wildman–Crippen MR) is 66.2 cm³/mol. The van der Waals surface area contributed by atoms with E-state index in [-0.39, 0.29) is 6.61 Å². The molecule has 0 aromatic heterocycles. The lowest BCUT2D eigenvalue weighted by Gasteiger charge is -2.30. The number of aliphatic hydroxyl groups is 1. The van der Waals surface area contributed by atoms with E-state index in [2.05, 4.69) is 37.7 Å². The Bertz CT molecular complexity index is 136. The molecule has 0 heterocycles. The van der Waals surface area contributed by atoms with Crippen molar-refractivity contribution in [1.82, 2.24) is 9.80 Å². The van der Waals surface area contributed by atoms with E-state index < -0.39 is 0 Å². The molecule has 0 bridgehead atoms. The molecule has 0 rings (SSSR count). The first-order chi connectivity index (χ1) is 7.15. The van der Waals surface area contributed by atoms with E-state index in [0.29, 0.717) is 6.04 Å². The molecule has 15 heavy (non-hydrogen) atoms. The minimum Gasteiger partial charge on any atom is -0.395 e. The Labute approximate surface area is 95.1 Å². The van der Waals surface area contributed by atoms with E-state index in [1.54, 1.807) is 0 Å². The predicted octanol–water partition coefficient (Wildman–Crippen LogP) is 1.42. The van der Waals surface area contributed by atoms with Crippen LogP contribution in [0.1, 0.15) is 33.1 Å². The van der Waals surface area contributed by atoms with Crippen LogP contribution in [0, 0.1) is 0 Å². The van der Waals surface area contributed by atoms with Crippen LogP contribution in [0.5, 0.6) is 0 Å². The van der Waals surface area contributed by atoms with Gasteiger partial charge in [0.05, 0.1) is 6.61 Å². The summed E-state index contributed by atoms with van der Waals surface area (Å²) in [6.45, 7) is 7.78. The van der Waals surface area contributed by atoms with Gasteiger partial charge in [-0.25, -0.2) is 0 Å². The van der Waals surface area contributed by atoms with Crippen LogP contribution in [0.4, 0.5) is 0 Å².